The Morgan fingerprint density at radius 2 is 1.88 bits per heavy atom. The highest BCUT2D eigenvalue weighted by atomic mass is 16.3. The molecule has 2 aromatic heterocycles. The molecule has 172 valence electrons. The van der Waals surface area contributed by atoms with E-state index in [-0.39, 0.29) is 35.3 Å². The number of carbonyl (C=O) groups is 3. The monoisotopic (exact) mass is 463 g/mol. The molecule has 3 N–H and O–H groups in total. The average Bonchev–Trinajstić information content (AvgIpc) is 3.29. The Hall–Kier alpha value is -4.65. The number of carbonyl (C=O) groups excluding carboxylic acids is 3. The predicted octanol–water partition coefficient (Wildman–Crippen LogP) is 1.27. The first kappa shape index (κ1) is 22.5. The number of fused-ring (bicyclic) bond motifs is 1. The average molecular weight is 463 g/mol. The van der Waals surface area contributed by atoms with Gasteiger partial charge in [-0.3, -0.25) is 18.8 Å². The van der Waals surface area contributed by atoms with E-state index in [1.165, 1.54) is 0 Å². The number of nitrogens with zero attached hydrogens (tertiary/aromatic N) is 5. The molecule has 0 spiro atoms. The molecule has 0 bridgehead atoms. The lowest BCUT2D eigenvalue weighted by Gasteiger charge is -2.27. The molecule has 3 aromatic rings. The Kier molecular flexibility index (Phi) is 6.01. The number of Topliss-reactive ketones (excluding diaryl/α,β-unsaturated/α-hetero) is 1. The molecule has 1 aliphatic carbocycles. The van der Waals surface area contributed by atoms with Crippen LogP contribution in [-0.4, -0.2) is 43.2 Å². The summed E-state index contributed by atoms with van der Waals surface area (Å²) in [5, 5.41) is 20.4. The van der Waals surface area contributed by atoms with E-state index in [0.717, 1.165) is 27.8 Å². The fourth-order valence-corrected chi connectivity index (χ4v) is 3.47. The number of hydrogen-bond acceptors (Lipinski definition) is 10. The molecular formula is C21H17N7O6. The SMILES string of the molecule is CC1=C(NCc2cccc(CNC(=O)c3cc(C(=O)N=O)n4cc(N=O)nc4n3)c2)C(O)C1=O. The van der Waals surface area contributed by atoms with Crippen molar-refractivity contribution in [3.8, 4) is 0 Å². The number of nitrogens with one attached hydrogen (secondary N) is 2. The van der Waals surface area contributed by atoms with E-state index in [1.807, 2.05) is 12.1 Å². The summed E-state index contributed by atoms with van der Waals surface area (Å²) in [6.07, 6.45) is -0.0164. The van der Waals surface area contributed by atoms with Crippen molar-refractivity contribution in [2.75, 3.05) is 0 Å². The van der Waals surface area contributed by atoms with Gasteiger partial charge in [-0.05, 0) is 29.3 Å². The number of aromatic nitrogens is 3. The Morgan fingerprint density at radius 1 is 1.15 bits per heavy atom. The standard InChI is InChI=1S/C21H17N7O6/c1-10-16(18(30)17(10)29)22-7-11-3-2-4-12(5-11)8-23-19(31)13-6-14(20(32)27-34)28-9-15(26-33)25-21(28)24-13/h2-6,9,18,22,30H,7-8H2,1H3,(H,23,31). The maximum atomic E-state index is 12.7. The largest absolute Gasteiger partial charge is 0.381 e. The number of aliphatic hydroxyl groups excluding tert-OH is 1. The lowest BCUT2D eigenvalue weighted by Crippen LogP contribution is -2.42. The number of ketones is 1. The van der Waals surface area contributed by atoms with E-state index in [1.54, 1.807) is 19.1 Å². The third kappa shape index (κ3) is 4.19. The first-order valence-electron chi connectivity index (χ1n) is 9.96. The Balaban J connectivity index is 1.47. The first-order valence-corrected chi connectivity index (χ1v) is 9.96. The van der Waals surface area contributed by atoms with Crippen LogP contribution >= 0.6 is 0 Å². The lowest BCUT2D eigenvalue weighted by molar-refractivity contribution is -0.124. The van der Waals surface area contributed by atoms with E-state index in [9.17, 15) is 29.3 Å². The van der Waals surface area contributed by atoms with Crippen LogP contribution in [-0.2, 0) is 17.9 Å². The Labute approximate surface area is 190 Å². The number of amides is 2. The molecule has 1 aromatic carbocycles. The molecule has 1 atom stereocenters. The topological polar surface area (TPSA) is 185 Å². The molecular weight excluding hydrogens is 446 g/mol. The minimum absolute atomic E-state index is 0.118. The van der Waals surface area contributed by atoms with Crippen LogP contribution in [0, 0.1) is 9.81 Å². The molecule has 13 heteroatoms. The van der Waals surface area contributed by atoms with Gasteiger partial charge in [-0.15, -0.1) is 9.81 Å². The van der Waals surface area contributed by atoms with Gasteiger partial charge in [-0.2, -0.15) is 4.98 Å². The number of aliphatic hydroxyl groups is 1. The second-order valence-electron chi connectivity index (χ2n) is 7.45. The van der Waals surface area contributed by atoms with E-state index < -0.39 is 17.9 Å². The van der Waals surface area contributed by atoms with Crippen molar-refractivity contribution in [1.82, 2.24) is 25.0 Å². The highest BCUT2D eigenvalue weighted by molar-refractivity contribution is 6.07. The lowest BCUT2D eigenvalue weighted by atomic mass is 9.90. The van der Waals surface area contributed by atoms with Crippen molar-refractivity contribution >= 4 is 29.2 Å². The number of nitroso groups, excluding NO2 is 2. The zero-order valence-electron chi connectivity index (χ0n) is 17.7. The Morgan fingerprint density at radius 3 is 2.56 bits per heavy atom. The maximum Gasteiger partial charge on any atom is 0.333 e. The molecule has 0 saturated heterocycles. The van der Waals surface area contributed by atoms with Crippen LogP contribution in [0.5, 0.6) is 0 Å². The van der Waals surface area contributed by atoms with Gasteiger partial charge in [0.25, 0.3) is 5.91 Å². The summed E-state index contributed by atoms with van der Waals surface area (Å²) in [5.74, 6) is -2.55. The molecule has 0 radical (unpaired) electrons. The molecule has 0 aliphatic heterocycles. The summed E-state index contributed by atoms with van der Waals surface area (Å²) in [6.45, 7) is 2.12. The van der Waals surface area contributed by atoms with Crippen LogP contribution in [0.3, 0.4) is 0 Å². The number of imidazole rings is 1. The highest BCUT2D eigenvalue weighted by Crippen LogP contribution is 2.22. The van der Waals surface area contributed by atoms with Crippen molar-refractivity contribution in [2.45, 2.75) is 26.1 Å². The number of rotatable bonds is 8. The van der Waals surface area contributed by atoms with E-state index in [0.29, 0.717) is 17.8 Å². The zero-order chi connectivity index (χ0) is 24.4. The molecule has 0 saturated carbocycles. The number of hydrogen-bond donors (Lipinski definition) is 3. The Bertz CT molecular complexity index is 1390. The van der Waals surface area contributed by atoms with Gasteiger partial charge in [0.1, 0.15) is 11.4 Å². The van der Waals surface area contributed by atoms with Gasteiger partial charge in [0.2, 0.25) is 11.6 Å². The summed E-state index contributed by atoms with van der Waals surface area (Å²) in [4.78, 5) is 65.2. The smallest absolute Gasteiger partial charge is 0.333 e. The summed E-state index contributed by atoms with van der Waals surface area (Å²) in [6, 6.07) is 8.32. The van der Waals surface area contributed by atoms with E-state index in [2.05, 4.69) is 31.0 Å². The van der Waals surface area contributed by atoms with Crippen LogP contribution in [0.25, 0.3) is 5.78 Å². The van der Waals surface area contributed by atoms with Gasteiger partial charge in [0.15, 0.2) is 11.9 Å². The fourth-order valence-electron chi connectivity index (χ4n) is 3.47. The van der Waals surface area contributed by atoms with Gasteiger partial charge in [-0.1, -0.05) is 24.3 Å². The minimum atomic E-state index is -1.17. The second kappa shape index (κ2) is 9.07. The predicted molar refractivity (Wildman–Crippen MR) is 117 cm³/mol. The molecule has 1 unspecified atom stereocenters. The summed E-state index contributed by atoms with van der Waals surface area (Å²) in [7, 11) is 0. The van der Waals surface area contributed by atoms with Crippen molar-refractivity contribution < 1.29 is 19.5 Å². The molecule has 0 fully saturated rings. The first-order chi connectivity index (χ1) is 16.3. The second-order valence-corrected chi connectivity index (χ2v) is 7.45. The van der Waals surface area contributed by atoms with Crippen molar-refractivity contribution in [2.24, 2.45) is 10.4 Å². The minimum Gasteiger partial charge on any atom is -0.381 e. The van der Waals surface area contributed by atoms with Crippen molar-refractivity contribution in [3.05, 3.63) is 80.1 Å². The summed E-state index contributed by atoms with van der Waals surface area (Å²) >= 11 is 0. The quantitative estimate of drug-likeness (QED) is 0.414. The molecule has 2 heterocycles. The molecule has 13 nitrogen and oxygen atoms in total. The normalized spacial score (nSPS) is 15.1. The van der Waals surface area contributed by atoms with Crippen LogP contribution in [0.4, 0.5) is 5.82 Å². The van der Waals surface area contributed by atoms with E-state index in [4.69, 9.17) is 0 Å². The van der Waals surface area contributed by atoms with Crippen LogP contribution < -0.4 is 10.6 Å². The number of benzene rings is 1. The molecule has 1 aliphatic rings. The van der Waals surface area contributed by atoms with Crippen LogP contribution in [0.15, 0.2) is 58.2 Å². The molecule has 4 rings (SSSR count). The third-order valence-electron chi connectivity index (χ3n) is 5.28. The van der Waals surface area contributed by atoms with Gasteiger partial charge in [0, 0.05) is 23.8 Å². The van der Waals surface area contributed by atoms with Crippen LogP contribution in [0.2, 0.25) is 0 Å². The van der Waals surface area contributed by atoms with Crippen LogP contribution in [0.1, 0.15) is 39.0 Å². The van der Waals surface area contributed by atoms with E-state index >= 15 is 0 Å². The molecule has 34 heavy (non-hydrogen) atoms. The van der Waals surface area contributed by atoms with Gasteiger partial charge in [0.05, 0.1) is 11.9 Å². The van der Waals surface area contributed by atoms with Gasteiger partial charge < -0.3 is 15.7 Å². The fraction of sp³-hybridized carbons (Fsp3) is 0.190. The van der Waals surface area contributed by atoms with Crippen molar-refractivity contribution in [3.63, 3.8) is 0 Å². The molecule has 2 amide bonds. The van der Waals surface area contributed by atoms with Gasteiger partial charge in [-0.25, -0.2) is 4.98 Å². The van der Waals surface area contributed by atoms with Gasteiger partial charge >= 0.3 is 5.91 Å². The summed E-state index contributed by atoms with van der Waals surface area (Å²) < 4.78 is 1.05. The summed E-state index contributed by atoms with van der Waals surface area (Å²) in [5.41, 5.74) is 2.11. The third-order valence-corrected chi connectivity index (χ3v) is 5.28. The zero-order valence-corrected chi connectivity index (χ0v) is 17.7. The van der Waals surface area contributed by atoms with Crippen molar-refractivity contribution in [1.29, 1.82) is 0 Å². The highest BCUT2D eigenvalue weighted by Gasteiger charge is 2.34. The maximum absolute atomic E-state index is 12.7.